The number of para-hydroxylation sites is 1. The minimum absolute atomic E-state index is 0.0248. The van der Waals surface area contributed by atoms with Gasteiger partial charge in [-0.2, -0.15) is 0 Å². The van der Waals surface area contributed by atoms with Gasteiger partial charge in [-0.25, -0.2) is 0 Å². The Morgan fingerprint density at radius 1 is 1.16 bits per heavy atom. The van der Waals surface area contributed by atoms with Gasteiger partial charge in [-0.1, -0.05) is 35.3 Å². The number of phenols is 1. The molecule has 0 aliphatic rings. The molecule has 2 aromatic rings. The van der Waals surface area contributed by atoms with Crippen LogP contribution < -0.4 is 5.32 Å². The van der Waals surface area contributed by atoms with Crippen molar-refractivity contribution in [3.63, 3.8) is 0 Å². The molecule has 1 amide bonds. The Balaban J connectivity index is 2.28. The van der Waals surface area contributed by atoms with Gasteiger partial charge in [-0.15, -0.1) is 12.6 Å². The number of benzene rings is 2. The van der Waals surface area contributed by atoms with Crippen LogP contribution in [0.15, 0.2) is 41.3 Å². The van der Waals surface area contributed by atoms with Crippen LogP contribution in [0.2, 0.25) is 10.0 Å². The van der Waals surface area contributed by atoms with Gasteiger partial charge in [0.25, 0.3) is 5.91 Å². The normalized spacial score (nSPS) is 10.3. The Labute approximate surface area is 125 Å². The second-order valence-electron chi connectivity index (χ2n) is 3.76. The molecule has 0 aromatic heterocycles. The van der Waals surface area contributed by atoms with E-state index in [-0.39, 0.29) is 27.3 Å². The van der Waals surface area contributed by atoms with Gasteiger partial charge in [-0.05, 0) is 24.3 Å². The van der Waals surface area contributed by atoms with Crippen molar-refractivity contribution in [2.24, 2.45) is 0 Å². The number of hydrogen-bond acceptors (Lipinski definition) is 3. The number of nitrogens with one attached hydrogen (secondary N) is 1. The maximum Gasteiger partial charge on any atom is 0.255 e. The SMILES string of the molecule is O=C(Nc1ccccc1S)c1cc(Cl)c(O)c(Cl)c1. The van der Waals surface area contributed by atoms with Crippen LogP contribution in [0.25, 0.3) is 0 Å². The van der Waals surface area contributed by atoms with E-state index in [0.29, 0.717) is 10.6 Å². The molecule has 19 heavy (non-hydrogen) atoms. The predicted molar refractivity (Wildman–Crippen MR) is 79.8 cm³/mol. The average Bonchev–Trinajstić information content (AvgIpc) is 2.38. The van der Waals surface area contributed by atoms with Crippen molar-refractivity contribution < 1.29 is 9.90 Å². The highest BCUT2D eigenvalue weighted by molar-refractivity contribution is 7.80. The van der Waals surface area contributed by atoms with Crippen molar-refractivity contribution in [2.75, 3.05) is 5.32 Å². The van der Waals surface area contributed by atoms with Gasteiger partial charge in [-0.3, -0.25) is 4.79 Å². The summed E-state index contributed by atoms with van der Waals surface area (Å²) in [6.07, 6.45) is 0. The zero-order valence-corrected chi connectivity index (χ0v) is 11.9. The number of phenolic OH excluding ortho intramolecular Hbond substituents is 1. The molecule has 0 aliphatic heterocycles. The number of hydrogen-bond donors (Lipinski definition) is 3. The number of anilines is 1. The van der Waals surface area contributed by atoms with E-state index in [0.717, 1.165) is 0 Å². The fraction of sp³-hybridized carbons (Fsp3) is 0. The first-order chi connectivity index (χ1) is 8.99. The van der Waals surface area contributed by atoms with E-state index in [1.807, 2.05) is 6.07 Å². The summed E-state index contributed by atoms with van der Waals surface area (Å²) >= 11 is 15.8. The first-order valence-electron chi connectivity index (χ1n) is 5.26. The Morgan fingerprint density at radius 2 is 1.74 bits per heavy atom. The number of thiol groups is 1. The zero-order chi connectivity index (χ0) is 14.0. The number of aromatic hydroxyl groups is 1. The number of amides is 1. The van der Waals surface area contributed by atoms with Crippen molar-refractivity contribution in [3.05, 3.63) is 52.0 Å². The lowest BCUT2D eigenvalue weighted by molar-refractivity contribution is 0.102. The van der Waals surface area contributed by atoms with Crippen molar-refractivity contribution in [1.29, 1.82) is 0 Å². The summed E-state index contributed by atoms with van der Waals surface area (Å²) in [6.45, 7) is 0. The van der Waals surface area contributed by atoms with Crippen molar-refractivity contribution in [2.45, 2.75) is 4.90 Å². The van der Waals surface area contributed by atoms with Gasteiger partial charge in [0.2, 0.25) is 0 Å². The molecule has 0 unspecified atom stereocenters. The lowest BCUT2D eigenvalue weighted by Crippen LogP contribution is -2.12. The highest BCUT2D eigenvalue weighted by Gasteiger charge is 2.13. The number of carbonyl (C=O) groups excluding carboxylic acids is 1. The largest absolute Gasteiger partial charge is 0.505 e. The highest BCUT2D eigenvalue weighted by atomic mass is 35.5. The van der Waals surface area contributed by atoms with Crippen LogP contribution in [0.5, 0.6) is 5.75 Å². The summed E-state index contributed by atoms with van der Waals surface area (Å²) in [5.41, 5.74) is 0.834. The van der Waals surface area contributed by atoms with Gasteiger partial charge < -0.3 is 10.4 Å². The first-order valence-corrected chi connectivity index (χ1v) is 6.46. The molecule has 0 fully saturated rings. The van der Waals surface area contributed by atoms with E-state index in [4.69, 9.17) is 23.2 Å². The molecule has 0 saturated carbocycles. The van der Waals surface area contributed by atoms with Gasteiger partial charge in [0, 0.05) is 10.5 Å². The lowest BCUT2D eigenvalue weighted by atomic mass is 10.2. The summed E-state index contributed by atoms with van der Waals surface area (Å²) in [4.78, 5) is 12.7. The summed E-state index contributed by atoms with van der Waals surface area (Å²) in [5.74, 6) is -0.625. The molecule has 6 heteroatoms. The second-order valence-corrected chi connectivity index (χ2v) is 5.06. The molecule has 2 N–H and O–H groups in total. The fourth-order valence-corrected chi connectivity index (χ4v) is 2.17. The number of rotatable bonds is 2. The van der Waals surface area contributed by atoms with E-state index >= 15 is 0 Å². The third-order valence-electron chi connectivity index (χ3n) is 2.43. The Bertz CT molecular complexity index is 623. The molecule has 3 nitrogen and oxygen atoms in total. The third kappa shape index (κ3) is 3.15. The van der Waals surface area contributed by atoms with Crippen LogP contribution in [0.4, 0.5) is 5.69 Å². The molecule has 0 spiro atoms. The second kappa shape index (κ2) is 5.74. The third-order valence-corrected chi connectivity index (χ3v) is 3.40. The van der Waals surface area contributed by atoms with Gasteiger partial charge >= 0.3 is 0 Å². The first kappa shape index (κ1) is 14.1. The van der Waals surface area contributed by atoms with Gasteiger partial charge in [0.15, 0.2) is 5.75 Å². The van der Waals surface area contributed by atoms with Crippen LogP contribution in [0.3, 0.4) is 0 Å². The summed E-state index contributed by atoms with van der Waals surface area (Å²) in [7, 11) is 0. The Kier molecular flexibility index (Phi) is 4.24. The van der Waals surface area contributed by atoms with Crippen LogP contribution in [0.1, 0.15) is 10.4 Å². The minimum atomic E-state index is -0.384. The molecule has 0 saturated heterocycles. The summed E-state index contributed by atoms with van der Waals surface area (Å²) in [6, 6.07) is 9.77. The maximum atomic E-state index is 12.0. The average molecular weight is 314 g/mol. The molecule has 0 aliphatic carbocycles. The summed E-state index contributed by atoms with van der Waals surface area (Å²) < 4.78 is 0. The smallest absolute Gasteiger partial charge is 0.255 e. The Morgan fingerprint density at radius 3 is 2.32 bits per heavy atom. The predicted octanol–water partition coefficient (Wildman–Crippen LogP) is 4.24. The van der Waals surface area contributed by atoms with Crippen LogP contribution >= 0.6 is 35.8 Å². The topological polar surface area (TPSA) is 49.3 Å². The van der Waals surface area contributed by atoms with Crippen LogP contribution in [-0.4, -0.2) is 11.0 Å². The molecule has 0 atom stereocenters. The zero-order valence-electron chi connectivity index (χ0n) is 9.52. The maximum absolute atomic E-state index is 12.0. The molecule has 0 bridgehead atoms. The molecular formula is C13H9Cl2NO2S. The number of halogens is 2. The van der Waals surface area contributed by atoms with E-state index in [9.17, 15) is 9.90 Å². The van der Waals surface area contributed by atoms with E-state index in [2.05, 4.69) is 17.9 Å². The van der Waals surface area contributed by atoms with E-state index in [1.54, 1.807) is 18.2 Å². The lowest BCUT2D eigenvalue weighted by Gasteiger charge is -2.09. The van der Waals surface area contributed by atoms with Gasteiger partial charge in [0.05, 0.1) is 15.7 Å². The monoisotopic (exact) mass is 313 g/mol. The highest BCUT2D eigenvalue weighted by Crippen LogP contribution is 2.33. The van der Waals surface area contributed by atoms with Crippen molar-refractivity contribution >= 4 is 47.4 Å². The summed E-state index contributed by atoms with van der Waals surface area (Å²) in [5, 5.41) is 12.2. The van der Waals surface area contributed by atoms with E-state index < -0.39 is 0 Å². The van der Waals surface area contributed by atoms with Crippen LogP contribution in [0, 0.1) is 0 Å². The molecule has 0 radical (unpaired) electrons. The molecule has 2 rings (SSSR count). The van der Waals surface area contributed by atoms with Gasteiger partial charge in [0.1, 0.15) is 0 Å². The standard InChI is InChI=1S/C13H9Cl2NO2S/c14-8-5-7(6-9(15)12(8)17)13(18)16-10-3-1-2-4-11(10)19/h1-6,17,19H,(H,16,18). The quantitative estimate of drug-likeness (QED) is 0.726. The molecule has 98 valence electrons. The minimum Gasteiger partial charge on any atom is -0.505 e. The molecule has 0 heterocycles. The fourth-order valence-electron chi connectivity index (χ4n) is 1.47. The van der Waals surface area contributed by atoms with E-state index in [1.165, 1.54) is 12.1 Å². The molecule has 2 aromatic carbocycles. The van der Waals surface area contributed by atoms with Crippen molar-refractivity contribution in [3.8, 4) is 5.75 Å². The number of carbonyl (C=O) groups is 1. The Hall–Kier alpha value is -1.36. The van der Waals surface area contributed by atoms with Crippen LogP contribution in [-0.2, 0) is 0 Å². The molecular weight excluding hydrogens is 305 g/mol. The van der Waals surface area contributed by atoms with Crippen molar-refractivity contribution in [1.82, 2.24) is 0 Å².